The molecule has 0 N–H and O–H groups in total. The number of nitrogens with zero attached hydrogens (tertiary/aromatic N) is 3. The number of amides is 1. The van der Waals surface area contributed by atoms with Gasteiger partial charge in [-0.2, -0.15) is 5.26 Å². The van der Waals surface area contributed by atoms with Gasteiger partial charge in [-0.05, 0) is 48.4 Å². The lowest BCUT2D eigenvalue weighted by Crippen LogP contribution is -2.49. The Labute approximate surface area is 178 Å². The molecule has 3 rings (SSSR count). The van der Waals surface area contributed by atoms with E-state index in [4.69, 9.17) is 9.47 Å². The maximum Gasteiger partial charge on any atom is 0.253 e. The van der Waals surface area contributed by atoms with Crippen molar-refractivity contribution < 1.29 is 14.3 Å². The number of hydrogen-bond acceptors (Lipinski definition) is 5. The SMILES string of the molecule is CCCCOc1ccc(C(=O)N2CCN(C(C#N)c3ccc(OC)cc3)CC2)cc1. The zero-order chi connectivity index (χ0) is 21.3. The van der Waals surface area contributed by atoms with Gasteiger partial charge in [0, 0.05) is 31.7 Å². The van der Waals surface area contributed by atoms with Gasteiger partial charge in [-0.15, -0.1) is 0 Å². The molecular formula is C24H29N3O3. The number of benzene rings is 2. The highest BCUT2D eigenvalue weighted by Crippen LogP contribution is 2.24. The molecule has 30 heavy (non-hydrogen) atoms. The summed E-state index contributed by atoms with van der Waals surface area (Å²) < 4.78 is 10.9. The van der Waals surface area contributed by atoms with E-state index in [1.807, 2.05) is 53.4 Å². The van der Waals surface area contributed by atoms with Gasteiger partial charge in [-0.25, -0.2) is 0 Å². The molecular weight excluding hydrogens is 378 g/mol. The second-order valence-corrected chi connectivity index (χ2v) is 7.36. The molecule has 1 aliphatic rings. The van der Waals surface area contributed by atoms with Crippen LogP contribution in [-0.2, 0) is 0 Å². The van der Waals surface area contributed by atoms with Crippen molar-refractivity contribution in [3.8, 4) is 17.6 Å². The molecule has 1 atom stereocenters. The van der Waals surface area contributed by atoms with E-state index in [1.54, 1.807) is 7.11 Å². The summed E-state index contributed by atoms with van der Waals surface area (Å²) in [5, 5.41) is 9.70. The van der Waals surface area contributed by atoms with Gasteiger partial charge < -0.3 is 14.4 Å². The van der Waals surface area contributed by atoms with Crippen molar-refractivity contribution in [3.05, 3.63) is 59.7 Å². The van der Waals surface area contributed by atoms with Gasteiger partial charge in [0.05, 0.1) is 19.8 Å². The summed E-state index contributed by atoms with van der Waals surface area (Å²) in [5.41, 5.74) is 1.61. The Morgan fingerprint density at radius 3 is 2.23 bits per heavy atom. The highest BCUT2D eigenvalue weighted by atomic mass is 16.5. The van der Waals surface area contributed by atoms with Gasteiger partial charge in [-0.1, -0.05) is 25.5 Å². The highest BCUT2D eigenvalue weighted by Gasteiger charge is 2.27. The number of ether oxygens (including phenoxy) is 2. The molecule has 1 amide bonds. The first-order valence-corrected chi connectivity index (χ1v) is 10.5. The number of rotatable bonds is 8. The van der Waals surface area contributed by atoms with Crippen molar-refractivity contribution in [1.82, 2.24) is 9.80 Å². The van der Waals surface area contributed by atoms with Gasteiger partial charge in [0.15, 0.2) is 0 Å². The van der Waals surface area contributed by atoms with E-state index < -0.39 is 0 Å². The summed E-state index contributed by atoms with van der Waals surface area (Å²) in [6.07, 6.45) is 2.11. The largest absolute Gasteiger partial charge is 0.497 e. The van der Waals surface area contributed by atoms with Crippen LogP contribution in [0.5, 0.6) is 11.5 Å². The van der Waals surface area contributed by atoms with Gasteiger partial charge in [-0.3, -0.25) is 9.69 Å². The molecule has 1 heterocycles. The Kier molecular flexibility index (Phi) is 7.69. The van der Waals surface area contributed by atoms with E-state index in [-0.39, 0.29) is 11.9 Å². The fourth-order valence-corrected chi connectivity index (χ4v) is 3.55. The van der Waals surface area contributed by atoms with Crippen LogP contribution in [0.3, 0.4) is 0 Å². The van der Waals surface area contributed by atoms with Crippen LogP contribution in [0.25, 0.3) is 0 Å². The summed E-state index contributed by atoms with van der Waals surface area (Å²) in [6, 6.07) is 17.0. The highest BCUT2D eigenvalue weighted by molar-refractivity contribution is 5.94. The van der Waals surface area contributed by atoms with Crippen molar-refractivity contribution in [2.75, 3.05) is 39.9 Å². The van der Waals surface area contributed by atoms with Crippen LogP contribution in [0, 0.1) is 11.3 Å². The van der Waals surface area contributed by atoms with Gasteiger partial charge in [0.2, 0.25) is 0 Å². The lowest BCUT2D eigenvalue weighted by molar-refractivity contribution is 0.0606. The minimum absolute atomic E-state index is 0.0210. The Morgan fingerprint density at radius 1 is 1.03 bits per heavy atom. The van der Waals surface area contributed by atoms with Crippen molar-refractivity contribution >= 4 is 5.91 Å². The molecule has 0 aliphatic carbocycles. The number of nitriles is 1. The molecule has 1 unspecified atom stereocenters. The first kappa shape index (κ1) is 21.7. The molecule has 1 fully saturated rings. The minimum atomic E-state index is -0.326. The van der Waals surface area contributed by atoms with Crippen LogP contribution < -0.4 is 9.47 Å². The van der Waals surface area contributed by atoms with Gasteiger partial charge >= 0.3 is 0 Å². The average molecular weight is 408 g/mol. The lowest BCUT2D eigenvalue weighted by Gasteiger charge is -2.37. The lowest BCUT2D eigenvalue weighted by atomic mass is 10.1. The minimum Gasteiger partial charge on any atom is -0.497 e. The van der Waals surface area contributed by atoms with E-state index in [0.29, 0.717) is 38.3 Å². The van der Waals surface area contributed by atoms with E-state index in [0.717, 1.165) is 29.9 Å². The third-order valence-corrected chi connectivity index (χ3v) is 5.39. The number of carbonyl (C=O) groups excluding carboxylic acids is 1. The fourth-order valence-electron chi connectivity index (χ4n) is 3.55. The summed E-state index contributed by atoms with van der Waals surface area (Å²) in [6.45, 7) is 5.34. The molecule has 2 aromatic rings. The van der Waals surface area contributed by atoms with Crippen molar-refractivity contribution in [2.45, 2.75) is 25.8 Å². The molecule has 0 aromatic heterocycles. The first-order valence-electron chi connectivity index (χ1n) is 10.5. The summed E-state index contributed by atoms with van der Waals surface area (Å²) in [4.78, 5) is 16.8. The van der Waals surface area contributed by atoms with Crippen LogP contribution in [0.2, 0.25) is 0 Å². The van der Waals surface area contributed by atoms with E-state index in [2.05, 4.69) is 17.9 Å². The number of piperazine rings is 1. The van der Waals surface area contributed by atoms with Crippen LogP contribution in [-0.4, -0.2) is 55.6 Å². The van der Waals surface area contributed by atoms with E-state index in [9.17, 15) is 10.1 Å². The number of methoxy groups -OCH3 is 1. The standard InChI is InChI=1S/C24H29N3O3/c1-3-4-17-30-22-11-7-20(8-12-22)24(28)27-15-13-26(14-16-27)23(18-25)19-5-9-21(29-2)10-6-19/h5-12,23H,3-4,13-17H2,1-2H3. The predicted octanol–water partition coefficient (Wildman–Crippen LogP) is 3.90. The second kappa shape index (κ2) is 10.7. The number of carbonyl (C=O) groups is 1. The first-order chi connectivity index (χ1) is 14.7. The van der Waals surface area contributed by atoms with Crippen molar-refractivity contribution in [3.63, 3.8) is 0 Å². The fraction of sp³-hybridized carbons (Fsp3) is 0.417. The normalized spacial score (nSPS) is 15.3. The Morgan fingerprint density at radius 2 is 1.67 bits per heavy atom. The molecule has 0 radical (unpaired) electrons. The third kappa shape index (κ3) is 5.31. The summed E-state index contributed by atoms with van der Waals surface area (Å²) in [7, 11) is 1.63. The molecule has 0 spiro atoms. The second-order valence-electron chi connectivity index (χ2n) is 7.36. The maximum absolute atomic E-state index is 12.8. The zero-order valence-corrected chi connectivity index (χ0v) is 17.7. The Hall–Kier alpha value is -3.04. The van der Waals surface area contributed by atoms with Crippen LogP contribution in [0.4, 0.5) is 0 Å². The monoisotopic (exact) mass is 407 g/mol. The number of unbranched alkanes of at least 4 members (excludes halogenated alkanes) is 1. The molecule has 6 heteroatoms. The van der Waals surface area contributed by atoms with E-state index in [1.165, 1.54) is 0 Å². The van der Waals surface area contributed by atoms with Crippen molar-refractivity contribution in [2.24, 2.45) is 0 Å². The van der Waals surface area contributed by atoms with Gasteiger partial charge in [0.1, 0.15) is 17.5 Å². The average Bonchev–Trinajstić information content (AvgIpc) is 2.81. The Balaban J connectivity index is 1.56. The molecule has 2 aromatic carbocycles. The van der Waals surface area contributed by atoms with Gasteiger partial charge in [0.25, 0.3) is 5.91 Å². The molecule has 1 saturated heterocycles. The van der Waals surface area contributed by atoms with Crippen molar-refractivity contribution in [1.29, 1.82) is 5.26 Å². The van der Waals surface area contributed by atoms with Crippen LogP contribution >= 0.6 is 0 Å². The third-order valence-electron chi connectivity index (χ3n) is 5.39. The predicted molar refractivity (Wildman–Crippen MR) is 116 cm³/mol. The Bertz CT molecular complexity index is 851. The summed E-state index contributed by atoms with van der Waals surface area (Å²) >= 11 is 0. The topological polar surface area (TPSA) is 65.8 Å². The van der Waals surface area contributed by atoms with E-state index >= 15 is 0 Å². The van der Waals surface area contributed by atoms with Crippen LogP contribution in [0.1, 0.15) is 41.7 Å². The maximum atomic E-state index is 12.8. The molecule has 0 bridgehead atoms. The summed E-state index contributed by atoms with van der Waals surface area (Å²) in [5.74, 6) is 1.58. The molecule has 0 saturated carbocycles. The molecule has 6 nitrogen and oxygen atoms in total. The smallest absolute Gasteiger partial charge is 0.253 e. The molecule has 158 valence electrons. The zero-order valence-electron chi connectivity index (χ0n) is 17.7. The quantitative estimate of drug-likeness (QED) is 0.621. The van der Waals surface area contributed by atoms with Crippen LogP contribution in [0.15, 0.2) is 48.5 Å². The number of hydrogen-bond donors (Lipinski definition) is 0. The molecule has 1 aliphatic heterocycles.